The Labute approximate surface area is 234 Å². The van der Waals surface area contributed by atoms with E-state index in [1.807, 2.05) is 109 Å². The van der Waals surface area contributed by atoms with E-state index in [-0.39, 0.29) is 5.56 Å². The van der Waals surface area contributed by atoms with Gasteiger partial charge in [-0.3, -0.25) is 9.36 Å². The minimum absolute atomic E-state index is 0.228. The molecule has 6 rings (SSSR count). The number of para-hydroxylation sites is 1. The third-order valence-corrected chi connectivity index (χ3v) is 7.90. The molecule has 2 aromatic heterocycles. The van der Waals surface area contributed by atoms with Gasteiger partial charge in [0.05, 0.1) is 40.3 Å². The molecule has 3 heterocycles. The molecule has 1 aliphatic heterocycles. The Kier molecular flexibility index (Phi) is 6.61. The molecule has 0 saturated carbocycles. The van der Waals surface area contributed by atoms with Crippen molar-refractivity contribution in [3.63, 3.8) is 0 Å². The summed E-state index contributed by atoms with van der Waals surface area (Å²) < 4.78 is 9.02. The molecule has 0 amide bonds. The van der Waals surface area contributed by atoms with Crippen molar-refractivity contribution in [2.24, 2.45) is 4.99 Å². The van der Waals surface area contributed by atoms with Gasteiger partial charge in [-0.05, 0) is 37.6 Å². The number of methoxy groups -OCH3 is 1. The second-order valence-electron chi connectivity index (χ2n) is 9.56. The highest BCUT2D eigenvalue weighted by Crippen LogP contribution is 2.30. The van der Waals surface area contributed by atoms with Crippen LogP contribution < -0.4 is 14.9 Å². The molecule has 40 heavy (non-hydrogen) atoms. The highest BCUT2D eigenvalue weighted by atomic mass is 32.1. The number of aryl methyl sites for hydroxylation is 1. The normalized spacial score (nSPS) is 15.1. The average molecular weight is 547 g/mol. The van der Waals surface area contributed by atoms with Crippen LogP contribution in [0.1, 0.15) is 29.7 Å². The maximum Gasteiger partial charge on any atom is 0.338 e. The zero-order chi connectivity index (χ0) is 27.8. The van der Waals surface area contributed by atoms with E-state index in [1.165, 1.54) is 18.4 Å². The van der Waals surface area contributed by atoms with Crippen molar-refractivity contribution >= 4 is 23.4 Å². The molecule has 3 aromatic carbocycles. The number of carbonyl (C=O) groups excluding carboxylic acids is 1. The van der Waals surface area contributed by atoms with Gasteiger partial charge in [0.2, 0.25) is 0 Å². The van der Waals surface area contributed by atoms with Crippen LogP contribution in [-0.4, -0.2) is 27.4 Å². The fraction of sp³-hybridized carbons (Fsp3) is 0.125. The van der Waals surface area contributed by atoms with E-state index in [0.29, 0.717) is 20.6 Å². The van der Waals surface area contributed by atoms with Crippen molar-refractivity contribution in [1.82, 2.24) is 14.3 Å². The largest absolute Gasteiger partial charge is 0.466 e. The molecule has 0 aliphatic carbocycles. The van der Waals surface area contributed by atoms with Crippen LogP contribution in [0.5, 0.6) is 0 Å². The number of allylic oxidation sites excluding steroid dienone is 1. The van der Waals surface area contributed by atoms with Crippen LogP contribution in [0.3, 0.4) is 0 Å². The maximum absolute atomic E-state index is 14.0. The van der Waals surface area contributed by atoms with Crippen molar-refractivity contribution < 1.29 is 9.53 Å². The third-order valence-electron chi connectivity index (χ3n) is 6.92. The first-order valence-electron chi connectivity index (χ1n) is 12.8. The van der Waals surface area contributed by atoms with Crippen LogP contribution in [0.2, 0.25) is 0 Å². The predicted octanol–water partition coefficient (Wildman–Crippen LogP) is 4.57. The smallest absolute Gasteiger partial charge is 0.338 e. The number of hydrogen-bond donors (Lipinski definition) is 0. The molecule has 0 spiro atoms. The second-order valence-corrected chi connectivity index (χ2v) is 10.6. The quantitative estimate of drug-likeness (QED) is 0.303. The average Bonchev–Trinajstić information content (AvgIpc) is 3.54. The van der Waals surface area contributed by atoms with Gasteiger partial charge in [-0.2, -0.15) is 5.10 Å². The molecule has 7 nitrogen and oxygen atoms in total. The van der Waals surface area contributed by atoms with Crippen LogP contribution in [0.25, 0.3) is 23.0 Å². The molecule has 0 radical (unpaired) electrons. The van der Waals surface area contributed by atoms with Gasteiger partial charge in [-0.1, -0.05) is 89.7 Å². The standard InChI is InChI=1S/C32H26N4O3S/c1-20-14-16-22(17-15-20)28-24(19-35(34-28)25-12-8-5-9-13-25)18-26-30(37)36-29(23-10-6-4-7-11-23)27(31(38)39-3)21(2)33-32(36)40-26/h4-19,29H,1-3H3/b26-18+/t29-/m0/s1. The zero-order valence-corrected chi connectivity index (χ0v) is 23.1. The van der Waals surface area contributed by atoms with E-state index >= 15 is 0 Å². The number of fused-ring (bicyclic) bond motifs is 1. The van der Waals surface area contributed by atoms with Crippen LogP contribution in [0.15, 0.2) is 112 Å². The molecule has 0 fully saturated rings. The minimum atomic E-state index is -0.643. The lowest BCUT2D eigenvalue weighted by molar-refractivity contribution is -0.136. The Morgan fingerprint density at radius 2 is 1.62 bits per heavy atom. The number of hydrogen-bond acceptors (Lipinski definition) is 6. The van der Waals surface area contributed by atoms with Crippen LogP contribution in [0.4, 0.5) is 0 Å². The van der Waals surface area contributed by atoms with E-state index in [0.717, 1.165) is 33.6 Å². The molecule has 0 N–H and O–H groups in total. The molecule has 198 valence electrons. The van der Waals surface area contributed by atoms with Crippen molar-refractivity contribution in [1.29, 1.82) is 0 Å². The van der Waals surface area contributed by atoms with Gasteiger partial charge >= 0.3 is 5.97 Å². The lowest BCUT2D eigenvalue weighted by Crippen LogP contribution is -2.39. The van der Waals surface area contributed by atoms with Crippen molar-refractivity contribution in [3.05, 3.63) is 139 Å². The van der Waals surface area contributed by atoms with Gasteiger partial charge in [0, 0.05) is 17.3 Å². The summed E-state index contributed by atoms with van der Waals surface area (Å²) in [6.07, 6.45) is 3.80. The van der Waals surface area contributed by atoms with Gasteiger partial charge in [0.15, 0.2) is 4.80 Å². The van der Waals surface area contributed by atoms with Crippen LogP contribution >= 0.6 is 11.3 Å². The monoisotopic (exact) mass is 546 g/mol. The summed E-state index contributed by atoms with van der Waals surface area (Å²) in [4.78, 5) is 32.1. The summed E-state index contributed by atoms with van der Waals surface area (Å²) in [6, 6.07) is 26.9. The number of nitrogens with zero attached hydrogens (tertiary/aromatic N) is 4. The number of benzene rings is 3. The highest BCUT2D eigenvalue weighted by molar-refractivity contribution is 7.07. The molecule has 1 atom stereocenters. The Hall–Kier alpha value is -4.82. The van der Waals surface area contributed by atoms with E-state index in [2.05, 4.69) is 4.99 Å². The van der Waals surface area contributed by atoms with E-state index in [9.17, 15) is 9.59 Å². The number of ether oxygens (including phenoxy) is 1. The van der Waals surface area contributed by atoms with Gasteiger partial charge < -0.3 is 4.74 Å². The summed E-state index contributed by atoms with van der Waals surface area (Å²) in [5.41, 5.74) is 6.05. The number of esters is 1. The van der Waals surface area contributed by atoms with Crippen molar-refractivity contribution in [2.75, 3.05) is 7.11 Å². The molecule has 1 aliphatic rings. The topological polar surface area (TPSA) is 78.5 Å². The van der Waals surface area contributed by atoms with Crippen LogP contribution in [0, 0.1) is 6.92 Å². The Balaban J connectivity index is 1.57. The van der Waals surface area contributed by atoms with E-state index in [4.69, 9.17) is 9.84 Å². The minimum Gasteiger partial charge on any atom is -0.466 e. The molecule has 0 bridgehead atoms. The second kappa shape index (κ2) is 10.4. The summed E-state index contributed by atoms with van der Waals surface area (Å²) in [5, 5.41) is 4.90. The summed E-state index contributed by atoms with van der Waals surface area (Å²) in [5.74, 6) is -0.504. The molecular formula is C32H26N4O3S. The molecular weight excluding hydrogens is 520 g/mol. The number of thiazole rings is 1. The molecule has 0 saturated heterocycles. The maximum atomic E-state index is 14.0. The Bertz CT molecular complexity index is 1930. The van der Waals surface area contributed by atoms with Crippen LogP contribution in [-0.2, 0) is 9.53 Å². The fourth-order valence-electron chi connectivity index (χ4n) is 4.93. The Morgan fingerprint density at radius 3 is 2.30 bits per heavy atom. The first-order chi connectivity index (χ1) is 19.4. The predicted molar refractivity (Wildman–Crippen MR) is 156 cm³/mol. The van der Waals surface area contributed by atoms with Gasteiger partial charge in [-0.25, -0.2) is 14.5 Å². The van der Waals surface area contributed by atoms with Gasteiger partial charge in [0.1, 0.15) is 0 Å². The SMILES string of the molecule is COC(=O)C1=C(C)N=c2s/c(=C/c3cn(-c4ccccc4)nc3-c3ccc(C)cc3)c(=O)n2[C@H]1c1ccccc1. The first kappa shape index (κ1) is 25.5. The molecule has 5 aromatic rings. The Morgan fingerprint density at radius 1 is 0.950 bits per heavy atom. The number of aromatic nitrogens is 3. The molecule has 8 heteroatoms. The van der Waals surface area contributed by atoms with Gasteiger partial charge in [0.25, 0.3) is 5.56 Å². The highest BCUT2D eigenvalue weighted by Gasteiger charge is 2.33. The van der Waals surface area contributed by atoms with E-state index in [1.54, 1.807) is 11.5 Å². The summed E-state index contributed by atoms with van der Waals surface area (Å²) in [6.45, 7) is 3.82. The number of carbonyl (C=O) groups is 1. The lowest BCUT2D eigenvalue weighted by Gasteiger charge is -2.24. The molecule has 0 unspecified atom stereocenters. The van der Waals surface area contributed by atoms with E-state index < -0.39 is 12.0 Å². The first-order valence-corrected chi connectivity index (χ1v) is 13.6. The van der Waals surface area contributed by atoms with Crippen molar-refractivity contribution in [3.8, 4) is 16.9 Å². The summed E-state index contributed by atoms with van der Waals surface area (Å²) in [7, 11) is 1.34. The lowest BCUT2D eigenvalue weighted by atomic mass is 9.96. The third kappa shape index (κ3) is 4.52. The fourth-order valence-corrected chi connectivity index (χ4v) is 5.96. The van der Waals surface area contributed by atoms with Gasteiger partial charge in [-0.15, -0.1) is 0 Å². The van der Waals surface area contributed by atoms with Crippen molar-refractivity contribution in [2.45, 2.75) is 19.9 Å². The number of rotatable bonds is 5. The summed E-state index contributed by atoms with van der Waals surface area (Å²) >= 11 is 1.30. The zero-order valence-electron chi connectivity index (χ0n) is 22.2.